The zero-order chi connectivity index (χ0) is 16.0. The van der Waals surface area contributed by atoms with Gasteiger partial charge in [0, 0.05) is 26.4 Å². The molecule has 0 atom stereocenters. The monoisotopic (exact) mass is 334 g/mol. The summed E-state index contributed by atoms with van der Waals surface area (Å²) in [6.45, 7) is 3.19. The first-order chi connectivity index (χ1) is 9.74. The lowest BCUT2D eigenvalue weighted by atomic mass is 10.4. The lowest BCUT2D eigenvalue weighted by molar-refractivity contribution is 0.0958. The van der Waals surface area contributed by atoms with Crippen LogP contribution < -0.4 is 16.0 Å². The molecule has 0 aliphatic rings. The Morgan fingerprint density at radius 2 is 2.14 bits per heavy atom. The number of nitrogens with two attached hydrogens (primary N) is 1. The Morgan fingerprint density at radius 1 is 1.48 bits per heavy atom. The highest BCUT2D eigenvalue weighted by atomic mass is 32.2. The number of amides is 1. The summed E-state index contributed by atoms with van der Waals surface area (Å²) in [6, 6.07) is 0. The van der Waals surface area contributed by atoms with Gasteiger partial charge in [-0.2, -0.15) is 0 Å². The second kappa shape index (κ2) is 7.60. The molecule has 0 radical (unpaired) electrons. The van der Waals surface area contributed by atoms with E-state index in [9.17, 15) is 13.2 Å². The van der Waals surface area contributed by atoms with Gasteiger partial charge in [0.2, 0.25) is 0 Å². The molecular weight excluding hydrogens is 312 g/mol. The number of sulfone groups is 1. The van der Waals surface area contributed by atoms with E-state index < -0.39 is 9.84 Å². The van der Waals surface area contributed by atoms with Crippen LogP contribution in [0.25, 0.3) is 0 Å². The van der Waals surface area contributed by atoms with Gasteiger partial charge in [-0.15, -0.1) is 0 Å². The summed E-state index contributed by atoms with van der Waals surface area (Å²) in [5.74, 6) is -0.0520. The van der Waals surface area contributed by atoms with Crippen LogP contribution in [0.3, 0.4) is 0 Å². The topological polar surface area (TPSA) is 105 Å². The number of aromatic nitrogens is 1. The molecule has 0 bridgehead atoms. The minimum absolute atomic E-state index is 0.0515. The SMILES string of the molecule is CCCN(C)c1nc(N)c(C(=O)NCCCS(C)(=O)=O)s1. The van der Waals surface area contributed by atoms with Gasteiger partial charge in [-0.1, -0.05) is 18.3 Å². The maximum atomic E-state index is 12.0. The third-order valence-corrected chi connectivity index (χ3v) is 4.93. The van der Waals surface area contributed by atoms with E-state index in [4.69, 9.17) is 5.73 Å². The fraction of sp³-hybridized carbons (Fsp3) is 0.667. The van der Waals surface area contributed by atoms with Crippen molar-refractivity contribution in [3.05, 3.63) is 4.88 Å². The van der Waals surface area contributed by atoms with E-state index in [0.717, 1.165) is 13.0 Å². The molecule has 0 saturated carbocycles. The van der Waals surface area contributed by atoms with E-state index in [2.05, 4.69) is 17.2 Å². The van der Waals surface area contributed by atoms with Crippen molar-refractivity contribution in [2.24, 2.45) is 0 Å². The van der Waals surface area contributed by atoms with Crippen molar-refractivity contribution < 1.29 is 13.2 Å². The number of rotatable bonds is 8. The van der Waals surface area contributed by atoms with Crippen LogP contribution >= 0.6 is 11.3 Å². The van der Waals surface area contributed by atoms with E-state index in [-0.39, 0.29) is 17.5 Å². The molecule has 7 nitrogen and oxygen atoms in total. The summed E-state index contributed by atoms with van der Waals surface area (Å²) in [6.07, 6.45) is 2.53. The molecule has 0 aromatic carbocycles. The van der Waals surface area contributed by atoms with Gasteiger partial charge in [-0.3, -0.25) is 4.79 Å². The minimum Gasteiger partial charge on any atom is -0.382 e. The summed E-state index contributed by atoms with van der Waals surface area (Å²) in [5, 5.41) is 3.37. The smallest absolute Gasteiger partial charge is 0.265 e. The molecule has 9 heteroatoms. The Bertz CT molecular complexity index is 583. The number of hydrogen-bond acceptors (Lipinski definition) is 7. The second-order valence-electron chi connectivity index (χ2n) is 4.87. The Balaban J connectivity index is 2.58. The highest BCUT2D eigenvalue weighted by molar-refractivity contribution is 7.90. The van der Waals surface area contributed by atoms with Crippen molar-refractivity contribution in [3.63, 3.8) is 0 Å². The van der Waals surface area contributed by atoms with E-state index >= 15 is 0 Å². The molecule has 1 aromatic heterocycles. The average Bonchev–Trinajstić information content (AvgIpc) is 2.76. The normalized spacial score (nSPS) is 11.4. The third kappa shape index (κ3) is 5.88. The molecule has 21 heavy (non-hydrogen) atoms. The predicted octanol–water partition coefficient (Wildman–Crippen LogP) is 0.736. The maximum Gasteiger partial charge on any atom is 0.265 e. The first-order valence-electron chi connectivity index (χ1n) is 6.68. The number of thiazole rings is 1. The second-order valence-corrected chi connectivity index (χ2v) is 8.11. The molecule has 0 fully saturated rings. The Labute approximate surface area is 129 Å². The van der Waals surface area contributed by atoms with Crippen LogP contribution in [-0.2, 0) is 9.84 Å². The Hall–Kier alpha value is -1.35. The molecule has 0 saturated heterocycles. The number of carbonyl (C=O) groups is 1. The van der Waals surface area contributed by atoms with Crippen molar-refractivity contribution in [3.8, 4) is 0 Å². The van der Waals surface area contributed by atoms with Gasteiger partial charge < -0.3 is 16.0 Å². The highest BCUT2D eigenvalue weighted by Gasteiger charge is 2.17. The van der Waals surface area contributed by atoms with E-state index in [1.54, 1.807) is 0 Å². The van der Waals surface area contributed by atoms with Gasteiger partial charge in [-0.05, 0) is 12.8 Å². The molecule has 1 rings (SSSR count). The fourth-order valence-electron chi connectivity index (χ4n) is 1.69. The zero-order valence-electron chi connectivity index (χ0n) is 12.5. The molecule has 3 N–H and O–H groups in total. The number of anilines is 2. The molecular formula is C12H22N4O3S2. The Kier molecular flexibility index (Phi) is 6.41. The van der Waals surface area contributed by atoms with E-state index in [1.807, 2.05) is 11.9 Å². The highest BCUT2D eigenvalue weighted by Crippen LogP contribution is 2.27. The first-order valence-corrected chi connectivity index (χ1v) is 9.55. The van der Waals surface area contributed by atoms with Crippen LogP contribution in [-0.4, -0.2) is 51.5 Å². The van der Waals surface area contributed by atoms with Crippen molar-refractivity contribution in [2.45, 2.75) is 19.8 Å². The van der Waals surface area contributed by atoms with Gasteiger partial charge in [0.25, 0.3) is 5.91 Å². The molecule has 1 amide bonds. The van der Waals surface area contributed by atoms with Gasteiger partial charge in [-0.25, -0.2) is 13.4 Å². The summed E-state index contributed by atoms with van der Waals surface area (Å²) >= 11 is 1.24. The first kappa shape index (κ1) is 17.7. The summed E-state index contributed by atoms with van der Waals surface area (Å²) in [7, 11) is -1.10. The van der Waals surface area contributed by atoms with Gasteiger partial charge in [0.05, 0.1) is 5.75 Å². The molecule has 1 heterocycles. The van der Waals surface area contributed by atoms with Crippen LogP contribution in [0.4, 0.5) is 10.9 Å². The summed E-state index contributed by atoms with van der Waals surface area (Å²) in [4.78, 5) is 18.5. The standard InChI is InChI=1S/C12H22N4O3S2/c1-4-7-16(2)12-15-10(13)9(20-12)11(17)14-6-5-8-21(3,18)19/h4-8,13H2,1-3H3,(H,14,17). The lowest BCUT2D eigenvalue weighted by Gasteiger charge is -2.13. The van der Waals surface area contributed by atoms with Gasteiger partial charge in [0.1, 0.15) is 20.5 Å². The summed E-state index contributed by atoms with van der Waals surface area (Å²) in [5.41, 5.74) is 5.77. The largest absolute Gasteiger partial charge is 0.382 e. The van der Waals surface area contributed by atoms with Crippen molar-refractivity contribution in [1.29, 1.82) is 0 Å². The maximum absolute atomic E-state index is 12.0. The number of nitrogens with one attached hydrogen (secondary N) is 1. The van der Waals surface area contributed by atoms with E-state index in [1.165, 1.54) is 17.6 Å². The average molecular weight is 334 g/mol. The minimum atomic E-state index is -3.00. The molecule has 120 valence electrons. The summed E-state index contributed by atoms with van der Waals surface area (Å²) < 4.78 is 22.0. The number of nitrogen functional groups attached to an aromatic ring is 1. The van der Waals surface area contributed by atoms with Crippen LogP contribution in [0, 0.1) is 0 Å². The third-order valence-electron chi connectivity index (χ3n) is 2.71. The van der Waals surface area contributed by atoms with Gasteiger partial charge >= 0.3 is 0 Å². The predicted molar refractivity (Wildman–Crippen MR) is 86.7 cm³/mol. The van der Waals surface area contributed by atoms with Crippen molar-refractivity contribution >= 4 is 38.0 Å². The number of nitrogens with zero attached hydrogens (tertiary/aromatic N) is 2. The van der Waals surface area contributed by atoms with Crippen LogP contribution in [0.2, 0.25) is 0 Å². The van der Waals surface area contributed by atoms with E-state index in [0.29, 0.717) is 23.0 Å². The Morgan fingerprint density at radius 3 is 2.71 bits per heavy atom. The van der Waals surface area contributed by atoms with Crippen LogP contribution in [0.15, 0.2) is 0 Å². The van der Waals surface area contributed by atoms with Crippen molar-refractivity contribution in [1.82, 2.24) is 10.3 Å². The lowest BCUT2D eigenvalue weighted by Crippen LogP contribution is -2.25. The quantitative estimate of drug-likeness (QED) is 0.679. The molecule has 0 aliphatic heterocycles. The zero-order valence-corrected chi connectivity index (χ0v) is 14.2. The van der Waals surface area contributed by atoms with Crippen LogP contribution in [0.5, 0.6) is 0 Å². The van der Waals surface area contributed by atoms with Gasteiger partial charge in [0.15, 0.2) is 5.13 Å². The fourth-order valence-corrected chi connectivity index (χ4v) is 3.25. The molecule has 0 aliphatic carbocycles. The molecule has 0 unspecified atom stereocenters. The number of carbonyl (C=O) groups excluding carboxylic acids is 1. The molecule has 1 aromatic rings. The number of hydrogen-bond donors (Lipinski definition) is 2. The van der Waals surface area contributed by atoms with Crippen molar-refractivity contribution in [2.75, 3.05) is 42.8 Å². The molecule has 0 spiro atoms. The van der Waals surface area contributed by atoms with Crippen LogP contribution in [0.1, 0.15) is 29.4 Å².